The molecule has 3 atom stereocenters. The van der Waals surface area contributed by atoms with Crippen LogP contribution in [0.15, 0.2) is 0 Å². The Labute approximate surface area is 115 Å². The molecule has 0 spiro atoms. The lowest BCUT2D eigenvalue weighted by Gasteiger charge is -2.20. The zero-order valence-electron chi connectivity index (χ0n) is 10.8. The van der Waals surface area contributed by atoms with E-state index in [9.17, 15) is 4.79 Å². The Balaban J connectivity index is 0.00000256. The highest BCUT2D eigenvalue weighted by molar-refractivity contribution is 7.99. The van der Waals surface area contributed by atoms with Gasteiger partial charge in [-0.3, -0.25) is 4.79 Å². The molecule has 3 unspecified atom stereocenters. The standard InChI is InChI=1S/C12H24N2OS.ClH/c1-3-16-11-6-4-5-10(11)14-12(15)8-7-9(2)13;/h9-11H,3-8,13H2,1-2H3,(H,14,15);1H. The van der Waals surface area contributed by atoms with Crippen molar-refractivity contribution in [3.63, 3.8) is 0 Å². The summed E-state index contributed by atoms with van der Waals surface area (Å²) in [6, 6.07) is 0.515. The first-order valence-corrected chi connectivity index (χ1v) is 7.35. The monoisotopic (exact) mass is 280 g/mol. The molecular weight excluding hydrogens is 256 g/mol. The molecule has 1 rings (SSSR count). The Morgan fingerprint density at radius 2 is 2.24 bits per heavy atom. The number of thioether (sulfide) groups is 1. The molecule has 102 valence electrons. The van der Waals surface area contributed by atoms with E-state index in [2.05, 4.69) is 12.2 Å². The smallest absolute Gasteiger partial charge is 0.220 e. The summed E-state index contributed by atoms with van der Waals surface area (Å²) in [5.41, 5.74) is 5.64. The number of hydrogen-bond acceptors (Lipinski definition) is 3. The number of hydrogen-bond donors (Lipinski definition) is 2. The summed E-state index contributed by atoms with van der Waals surface area (Å²) in [5, 5.41) is 3.78. The summed E-state index contributed by atoms with van der Waals surface area (Å²) in [6.07, 6.45) is 4.98. The van der Waals surface area contributed by atoms with Crippen molar-refractivity contribution in [1.82, 2.24) is 5.32 Å². The van der Waals surface area contributed by atoms with Crippen LogP contribution in [-0.2, 0) is 4.79 Å². The molecule has 0 aromatic heterocycles. The van der Waals surface area contributed by atoms with Crippen molar-refractivity contribution in [2.75, 3.05) is 5.75 Å². The normalized spacial score (nSPS) is 25.1. The molecule has 0 aromatic carbocycles. The minimum atomic E-state index is 0. The molecule has 1 fully saturated rings. The fraction of sp³-hybridized carbons (Fsp3) is 0.917. The lowest BCUT2D eigenvalue weighted by molar-refractivity contribution is -0.121. The third-order valence-electron chi connectivity index (χ3n) is 3.01. The average molecular weight is 281 g/mol. The van der Waals surface area contributed by atoms with E-state index in [1.165, 1.54) is 12.8 Å². The lowest BCUT2D eigenvalue weighted by Crippen LogP contribution is -2.39. The van der Waals surface area contributed by atoms with Gasteiger partial charge >= 0.3 is 0 Å². The third-order valence-corrected chi connectivity index (χ3v) is 4.33. The summed E-state index contributed by atoms with van der Waals surface area (Å²) in [6.45, 7) is 4.12. The molecule has 3 nitrogen and oxygen atoms in total. The van der Waals surface area contributed by atoms with Crippen LogP contribution in [0.25, 0.3) is 0 Å². The molecule has 5 heteroatoms. The Morgan fingerprint density at radius 1 is 1.53 bits per heavy atom. The molecule has 0 bridgehead atoms. The number of amides is 1. The van der Waals surface area contributed by atoms with E-state index in [0.29, 0.717) is 17.7 Å². The maximum Gasteiger partial charge on any atom is 0.220 e. The van der Waals surface area contributed by atoms with Crippen molar-refractivity contribution >= 4 is 30.1 Å². The van der Waals surface area contributed by atoms with Crippen molar-refractivity contribution < 1.29 is 4.79 Å². The minimum Gasteiger partial charge on any atom is -0.352 e. The maximum atomic E-state index is 11.7. The predicted octanol–water partition coefficient (Wildman–Crippen LogP) is 2.33. The molecule has 0 radical (unpaired) electrons. The van der Waals surface area contributed by atoms with Gasteiger partial charge in [-0.1, -0.05) is 13.3 Å². The molecular formula is C12H25ClN2OS. The second-order valence-electron chi connectivity index (χ2n) is 4.61. The van der Waals surface area contributed by atoms with Crippen LogP contribution in [0, 0.1) is 0 Å². The van der Waals surface area contributed by atoms with Gasteiger partial charge in [0.1, 0.15) is 0 Å². The summed E-state index contributed by atoms with van der Waals surface area (Å²) < 4.78 is 0. The Kier molecular flexibility index (Phi) is 9.10. The Morgan fingerprint density at radius 3 is 2.82 bits per heavy atom. The minimum absolute atomic E-state index is 0. The van der Waals surface area contributed by atoms with Crippen LogP contribution >= 0.6 is 24.2 Å². The van der Waals surface area contributed by atoms with Crippen molar-refractivity contribution in [3.8, 4) is 0 Å². The van der Waals surface area contributed by atoms with Gasteiger partial charge in [0.05, 0.1) is 0 Å². The molecule has 0 heterocycles. The first kappa shape index (κ1) is 17.1. The van der Waals surface area contributed by atoms with Gasteiger partial charge < -0.3 is 11.1 Å². The van der Waals surface area contributed by atoms with E-state index >= 15 is 0 Å². The van der Waals surface area contributed by atoms with Gasteiger partial charge in [-0.25, -0.2) is 0 Å². The van der Waals surface area contributed by atoms with Gasteiger partial charge in [-0.05, 0) is 31.9 Å². The lowest BCUT2D eigenvalue weighted by atomic mass is 10.1. The predicted molar refractivity (Wildman–Crippen MR) is 77.8 cm³/mol. The molecule has 0 saturated heterocycles. The van der Waals surface area contributed by atoms with Crippen molar-refractivity contribution in [2.24, 2.45) is 5.73 Å². The largest absolute Gasteiger partial charge is 0.352 e. The highest BCUT2D eigenvalue weighted by Crippen LogP contribution is 2.29. The highest BCUT2D eigenvalue weighted by atomic mass is 35.5. The van der Waals surface area contributed by atoms with Crippen molar-refractivity contribution in [2.45, 2.75) is 63.3 Å². The van der Waals surface area contributed by atoms with Gasteiger partial charge in [-0.15, -0.1) is 12.4 Å². The maximum absolute atomic E-state index is 11.7. The van der Waals surface area contributed by atoms with Crippen LogP contribution in [0.3, 0.4) is 0 Å². The van der Waals surface area contributed by atoms with Crippen LogP contribution in [0.1, 0.15) is 46.0 Å². The topological polar surface area (TPSA) is 55.1 Å². The summed E-state index contributed by atoms with van der Waals surface area (Å²) in [7, 11) is 0. The number of nitrogens with one attached hydrogen (secondary N) is 1. The van der Waals surface area contributed by atoms with Crippen LogP contribution in [0.2, 0.25) is 0 Å². The van der Waals surface area contributed by atoms with Crippen LogP contribution in [0.5, 0.6) is 0 Å². The van der Waals surface area contributed by atoms with E-state index in [1.807, 2.05) is 18.7 Å². The van der Waals surface area contributed by atoms with Gasteiger partial charge in [0.2, 0.25) is 5.91 Å². The molecule has 1 aliphatic carbocycles. The molecule has 17 heavy (non-hydrogen) atoms. The number of rotatable bonds is 6. The van der Waals surface area contributed by atoms with Crippen molar-refractivity contribution in [3.05, 3.63) is 0 Å². The fourth-order valence-corrected chi connectivity index (χ4v) is 3.34. The van der Waals surface area contributed by atoms with Gasteiger partial charge in [0.15, 0.2) is 0 Å². The Bertz CT molecular complexity index is 227. The number of carbonyl (C=O) groups excluding carboxylic acids is 1. The highest BCUT2D eigenvalue weighted by Gasteiger charge is 2.28. The van der Waals surface area contributed by atoms with E-state index in [1.54, 1.807) is 0 Å². The van der Waals surface area contributed by atoms with Crippen LogP contribution in [-0.4, -0.2) is 29.0 Å². The molecule has 0 aliphatic heterocycles. The molecule has 1 amide bonds. The zero-order chi connectivity index (χ0) is 12.0. The quantitative estimate of drug-likeness (QED) is 0.785. The van der Waals surface area contributed by atoms with E-state index < -0.39 is 0 Å². The van der Waals surface area contributed by atoms with E-state index in [-0.39, 0.29) is 24.4 Å². The summed E-state index contributed by atoms with van der Waals surface area (Å²) in [5.74, 6) is 1.31. The molecule has 0 aromatic rings. The van der Waals surface area contributed by atoms with Crippen LogP contribution < -0.4 is 11.1 Å². The SMILES string of the molecule is CCSC1CCCC1NC(=O)CCC(C)N.Cl. The molecule has 1 saturated carbocycles. The molecule has 3 N–H and O–H groups in total. The second-order valence-corrected chi connectivity index (χ2v) is 6.13. The van der Waals surface area contributed by atoms with Gasteiger partial charge in [0.25, 0.3) is 0 Å². The number of halogens is 1. The van der Waals surface area contributed by atoms with Crippen molar-refractivity contribution in [1.29, 1.82) is 0 Å². The van der Waals surface area contributed by atoms with Gasteiger partial charge in [-0.2, -0.15) is 11.8 Å². The molecule has 1 aliphatic rings. The summed E-state index contributed by atoms with van der Waals surface area (Å²) >= 11 is 1.97. The number of nitrogens with two attached hydrogens (primary N) is 1. The van der Waals surface area contributed by atoms with Crippen LogP contribution in [0.4, 0.5) is 0 Å². The van der Waals surface area contributed by atoms with E-state index in [0.717, 1.165) is 18.6 Å². The average Bonchev–Trinajstić information content (AvgIpc) is 2.63. The second kappa shape index (κ2) is 9.06. The Hall–Kier alpha value is 0.0700. The zero-order valence-corrected chi connectivity index (χ0v) is 12.4. The fourth-order valence-electron chi connectivity index (χ4n) is 2.14. The van der Waals surface area contributed by atoms with Gasteiger partial charge in [0, 0.05) is 23.8 Å². The first-order valence-electron chi connectivity index (χ1n) is 6.30. The first-order chi connectivity index (χ1) is 7.63. The number of carbonyl (C=O) groups is 1. The third kappa shape index (κ3) is 6.53. The van der Waals surface area contributed by atoms with E-state index in [4.69, 9.17) is 5.73 Å². The summed E-state index contributed by atoms with van der Waals surface area (Å²) in [4.78, 5) is 11.7.